The van der Waals surface area contributed by atoms with Crippen LogP contribution in [0, 0.1) is 0 Å². The van der Waals surface area contributed by atoms with Crippen LogP contribution in [0.5, 0.6) is 5.75 Å². The van der Waals surface area contributed by atoms with Crippen molar-refractivity contribution in [1.29, 1.82) is 0 Å². The number of thiophene rings is 1. The second-order valence-corrected chi connectivity index (χ2v) is 6.68. The van der Waals surface area contributed by atoms with Crippen molar-refractivity contribution in [3.8, 4) is 5.75 Å². The number of ether oxygens (including phenoxy) is 2. The van der Waals surface area contributed by atoms with E-state index in [9.17, 15) is 4.79 Å². The Morgan fingerprint density at radius 1 is 1.43 bits per heavy atom. The number of hydrogen-bond donors (Lipinski definition) is 1. The van der Waals surface area contributed by atoms with Gasteiger partial charge in [0.1, 0.15) is 10.6 Å². The Kier molecular flexibility index (Phi) is 4.07. The summed E-state index contributed by atoms with van der Waals surface area (Å²) in [6.07, 6.45) is 2.94. The first-order valence-electron chi connectivity index (χ1n) is 6.50. The fourth-order valence-corrected chi connectivity index (χ4v) is 3.93. The molecule has 0 atom stereocenters. The molecule has 1 N–H and O–H groups in total. The van der Waals surface area contributed by atoms with Crippen molar-refractivity contribution in [3.63, 3.8) is 0 Å². The zero-order valence-corrected chi connectivity index (χ0v) is 13.4. The van der Waals surface area contributed by atoms with Gasteiger partial charge in [-0.25, -0.2) is 4.79 Å². The summed E-state index contributed by atoms with van der Waals surface area (Å²) >= 11 is 3.05. The Morgan fingerprint density at radius 2 is 2.29 bits per heavy atom. The number of esters is 1. The van der Waals surface area contributed by atoms with Crippen molar-refractivity contribution in [2.75, 3.05) is 25.3 Å². The molecule has 1 aliphatic rings. The van der Waals surface area contributed by atoms with Gasteiger partial charge in [-0.1, -0.05) is 0 Å². The molecule has 0 aliphatic carbocycles. The summed E-state index contributed by atoms with van der Waals surface area (Å²) in [4.78, 5) is 12.2. The van der Waals surface area contributed by atoms with E-state index in [1.807, 2.05) is 24.5 Å². The minimum absolute atomic E-state index is 0.300. The molecule has 1 aromatic heterocycles. The molecule has 6 heteroatoms. The van der Waals surface area contributed by atoms with Gasteiger partial charge in [0.15, 0.2) is 0 Å². The molecule has 2 aromatic rings. The Morgan fingerprint density at radius 3 is 3.05 bits per heavy atom. The Balaban J connectivity index is 1.87. The van der Waals surface area contributed by atoms with Crippen molar-refractivity contribution >= 4 is 40.4 Å². The first-order chi connectivity index (χ1) is 10.2. The lowest BCUT2D eigenvalue weighted by atomic mass is 10.1. The van der Waals surface area contributed by atoms with Crippen LogP contribution in [0.4, 0.5) is 11.4 Å². The van der Waals surface area contributed by atoms with Crippen molar-refractivity contribution in [2.45, 2.75) is 10.6 Å². The second kappa shape index (κ2) is 5.99. The quantitative estimate of drug-likeness (QED) is 0.683. The summed E-state index contributed by atoms with van der Waals surface area (Å²) in [5.41, 5.74) is 3.16. The van der Waals surface area contributed by atoms with Crippen LogP contribution >= 0.6 is 23.1 Å². The van der Waals surface area contributed by atoms with Crippen LogP contribution in [-0.2, 0) is 11.2 Å². The molecule has 0 spiro atoms. The molecular formula is C15H15NO3S2. The van der Waals surface area contributed by atoms with Gasteiger partial charge >= 0.3 is 5.97 Å². The lowest BCUT2D eigenvalue weighted by Gasteiger charge is -2.07. The van der Waals surface area contributed by atoms with E-state index in [0.29, 0.717) is 4.88 Å². The van der Waals surface area contributed by atoms with E-state index in [2.05, 4.69) is 11.4 Å². The molecule has 0 radical (unpaired) electrons. The van der Waals surface area contributed by atoms with Gasteiger partial charge in [0.2, 0.25) is 0 Å². The molecule has 21 heavy (non-hydrogen) atoms. The van der Waals surface area contributed by atoms with Crippen LogP contribution in [0.1, 0.15) is 15.2 Å². The van der Waals surface area contributed by atoms with Crippen molar-refractivity contribution in [3.05, 3.63) is 34.7 Å². The van der Waals surface area contributed by atoms with Gasteiger partial charge in [-0.05, 0) is 36.1 Å². The molecule has 0 saturated heterocycles. The SMILES string of the molecule is COC(=O)c1cc(Nc2ccc3c(c2)CCO3)c(SC)s1. The molecule has 0 bridgehead atoms. The third-order valence-electron chi connectivity index (χ3n) is 3.24. The first kappa shape index (κ1) is 14.3. The van der Waals surface area contributed by atoms with Crippen molar-refractivity contribution in [1.82, 2.24) is 0 Å². The van der Waals surface area contributed by atoms with E-state index < -0.39 is 0 Å². The van der Waals surface area contributed by atoms with Gasteiger partial charge in [-0.3, -0.25) is 0 Å². The van der Waals surface area contributed by atoms with Crippen LogP contribution in [0.3, 0.4) is 0 Å². The summed E-state index contributed by atoms with van der Waals surface area (Å²) < 4.78 is 11.3. The summed E-state index contributed by atoms with van der Waals surface area (Å²) in [6, 6.07) is 7.91. The number of thioether (sulfide) groups is 1. The number of fused-ring (bicyclic) bond motifs is 1. The lowest BCUT2D eigenvalue weighted by Crippen LogP contribution is -1.97. The van der Waals surface area contributed by atoms with E-state index >= 15 is 0 Å². The molecule has 1 aliphatic heterocycles. The van der Waals surface area contributed by atoms with E-state index in [4.69, 9.17) is 9.47 Å². The monoisotopic (exact) mass is 321 g/mol. The fraction of sp³-hybridized carbons (Fsp3) is 0.267. The average molecular weight is 321 g/mol. The minimum Gasteiger partial charge on any atom is -0.493 e. The van der Waals surface area contributed by atoms with Crippen LogP contribution in [0.2, 0.25) is 0 Å². The van der Waals surface area contributed by atoms with Crippen LogP contribution < -0.4 is 10.1 Å². The van der Waals surface area contributed by atoms with Gasteiger partial charge < -0.3 is 14.8 Å². The number of hydrogen-bond acceptors (Lipinski definition) is 6. The van der Waals surface area contributed by atoms with E-state index in [0.717, 1.165) is 34.4 Å². The summed E-state index contributed by atoms with van der Waals surface area (Å²) in [6.45, 7) is 0.750. The number of rotatable bonds is 4. The molecule has 4 nitrogen and oxygen atoms in total. The third-order valence-corrected chi connectivity index (χ3v) is 5.49. The van der Waals surface area contributed by atoms with Crippen molar-refractivity contribution in [2.24, 2.45) is 0 Å². The first-order valence-corrected chi connectivity index (χ1v) is 8.54. The van der Waals surface area contributed by atoms with Gasteiger partial charge in [0, 0.05) is 12.1 Å². The van der Waals surface area contributed by atoms with Gasteiger partial charge in [0.05, 0.1) is 23.6 Å². The van der Waals surface area contributed by atoms with Crippen LogP contribution in [0.25, 0.3) is 0 Å². The third kappa shape index (κ3) is 2.87. The van der Waals surface area contributed by atoms with Gasteiger partial charge in [-0.15, -0.1) is 23.1 Å². The molecular weight excluding hydrogens is 306 g/mol. The molecule has 2 heterocycles. The number of methoxy groups -OCH3 is 1. The second-order valence-electron chi connectivity index (χ2n) is 4.55. The Hall–Kier alpha value is -1.66. The molecule has 1 aromatic carbocycles. The van der Waals surface area contributed by atoms with Crippen molar-refractivity contribution < 1.29 is 14.3 Å². The number of carbonyl (C=O) groups excluding carboxylic acids is 1. The standard InChI is InChI=1S/C15H15NO3S2/c1-18-14(17)13-8-11(15(20-2)21-13)16-10-3-4-12-9(7-10)5-6-19-12/h3-4,7-8,16H,5-6H2,1-2H3. The summed E-state index contributed by atoms with van der Waals surface area (Å²) in [5, 5.41) is 3.38. The molecule has 0 fully saturated rings. The zero-order valence-electron chi connectivity index (χ0n) is 11.8. The smallest absolute Gasteiger partial charge is 0.348 e. The maximum absolute atomic E-state index is 11.6. The summed E-state index contributed by atoms with van der Waals surface area (Å²) in [5.74, 6) is 0.664. The zero-order chi connectivity index (χ0) is 14.8. The highest BCUT2D eigenvalue weighted by atomic mass is 32.2. The molecule has 110 valence electrons. The maximum Gasteiger partial charge on any atom is 0.348 e. The molecule has 0 amide bonds. The predicted octanol–water partition coefficient (Wildman–Crippen LogP) is 3.94. The molecule has 0 saturated carbocycles. The van der Waals surface area contributed by atoms with E-state index in [1.54, 1.807) is 11.8 Å². The van der Waals surface area contributed by atoms with Crippen LogP contribution in [0.15, 0.2) is 28.5 Å². The largest absolute Gasteiger partial charge is 0.493 e. The fourth-order valence-electron chi connectivity index (χ4n) is 2.23. The minimum atomic E-state index is -0.300. The highest BCUT2D eigenvalue weighted by Crippen LogP contribution is 2.38. The normalized spacial score (nSPS) is 12.7. The maximum atomic E-state index is 11.6. The van der Waals surface area contributed by atoms with E-state index in [-0.39, 0.29) is 5.97 Å². The number of carbonyl (C=O) groups is 1. The Bertz CT molecular complexity index is 682. The van der Waals surface area contributed by atoms with Gasteiger partial charge in [0.25, 0.3) is 0 Å². The predicted molar refractivity (Wildman–Crippen MR) is 86.4 cm³/mol. The number of anilines is 2. The lowest BCUT2D eigenvalue weighted by molar-refractivity contribution is 0.0606. The Labute approximate surface area is 131 Å². The topological polar surface area (TPSA) is 47.6 Å². The average Bonchev–Trinajstić information content (AvgIpc) is 3.12. The van der Waals surface area contributed by atoms with Gasteiger partial charge in [-0.2, -0.15) is 0 Å². The summed E-state index contributed by atoms with van der Waals surface area (Å²) in [7, 11) is 1.40. The highest BCUT2D eigenvalue weighted by molar-refractivity contribution is 8.00. The van der Waals surface area contributed by atoms with Crippen LogP contribution in [-0.4, -0.2) is 25.9 Å². The molecule has 3 rings (SSSR count). The van der Waals surface area contributed by atoms with E-state index in [1.165, 1.54) is 24.0 Å². The number of nitrogens with one attached hydrogen (secondary N) is 1. The number of benzene rings is 1. The molecule has 0 unspecified atom stereocenters. The highest BCUT2D eigenvalue weighted by Gasteiger charge is 2.16.